The summed E-state index contributed by atoms with van der Waals surface area (Å²) in [4.78, 5) is 15.7. The Morgan fingerprint density at radius 2 is 2.27 bits per heavy atom. The average molecular weight is 205 g/mol. The molecule has 2 aromatic rings. The first kappa shape index (κ1) is 9.67. The van der Waals surface area contributed by atoms with Gasteiger partial charge in [-0.15, -0.1) is 0 Å². The number of aryl methyl sites for hydroxylation is 1. The van der Waals surface area contributed by atoms with Crippen LogP contribution in [0.5, 0.6) is 0 Å². The first-order valence-corrected chi connectivity index (χ1v) is 4.48. The van der Waals surface area contributed by atoms with Gasteiger partial charge in [0.2, 0.25) is 0 Å². The van der Waals surface area contributed by atoms with Crippen LogP contribution in [0.15, 0.2) is 22.6 Å². The molecule has 0 unspecified atom stereocenters. The van der Waals surface area contributed by atoms with E-state index in [0.717, 1.165) is 5.01 Å². The number of benzene rings is 1. The smallest absolute Gasteiger partial charge is 0.267 e. The molecule has 0 radical (unpaired) electrons. The number of amides is 1. The topological polar surface area (TPSA) is 72.4 Å². The minimum atomic E-state index is -0.252. The fraction of sp³-hybridized carbons (Fsp3) is 0.200. The number of carbonyl (C=O) groups excluding carboxylic acids is 1. The molecule has 5 nitrogen and oxygen atoms in total. The molecule has 0 aliphatic heterocycles. The maximum Gasteiger partial charge on any atom is 0.267 e. The SMILES string of the molecule is Cc1nc2cc(C(=O)N(C)N)ccc2o1. The largest absolute Gasteiger partial charge is 0.441 e. The summed E-state index contributed by atoms with van der Waals surface area (Å²) in [6, 6.07) is 5.04. The number of nitrogens with zero attached hydrogens (tertiary/aromatic N) is 2. The average Bonchev–Trinajstić information content (AvgIpc) is 2.55. The number of rotatable bonds is 1. The highest BCUT2D eigenvalue weighted by Gasteiger charge is 2.10. The third-order valence-corrected chi connectivity index (χ3v) is 2.06. The van der Waals surface area contributed by atoms with Crippen LogP contribution in [-0.4, -0.2) is 22.9 Å². The second kappa shape index (κ2) is 3.36. The van der Waals surface area contributed by atoms with Crippen LogP contribution in [0.4, 0.5) is 0 Å². The molecule has 1 aromatic carbocycles. The van der Waals surface area contributed by atoms with E-state index in [1.54, 1.807) is 25.1 Å². The van der Waals surface area contributed by atoms with Crippen molar-refractivity contribution in [1.29, 1.82) is 0 Å². The van der Waals surface area contributed by atoms with Crippen LogP contribution < -0.4 is 5.84 Å². The van der Waals surface area contributed by atoms with E-state index < -0.39 is 0 Å². The van der Waals surface area contributed by atoms with Crippen LogP contribution in [0.2, 0.25) is 0 Å². The fourth-order valence-corrected chi connectivity index (χ4v) is 1.38. The summed E-state index contributed by atoms with van der Waals surface area (Å²) < 4.78 is 5.30. The molecule has 0 aliphatic rings. The highest BCUT2D eigenvalue weighted by molar-refractivity contribution is 5.96. The van der Waals surface area contributed by atoms with E-state index in [9.17, 15) is 4.79 Å². The number of hydrogen-bond donors (Lipinski definition) is 1. The lowest BCUT2D eigenvalue weighted by Crippen LogP contribution is -2.32. The lowest BCUT2D eigenvalue weighted by Gasteiger charge is -2.08. The summed E-state index contributed by atoms with van der Waals surface area (Å²) in [6.07, 6.45) is 0. The van der Waals surface area contributed by atoms with Crippen molar-refractivity contribution in [1.82, 2.24) is 9.99 Å². The first-order valence-electron chi connectivity index (χ1n) is 4.48. The Bertz CT molecular complexity index is 516. The van der Waals surface area contributed by atoms with Crippen LogP contribution in [0.3, 0.4) is 0 Å². The zero-order valence-electron chi connectivity index (χ0n) is 8.52. The van der Waals surface area contributed by atoms with E-state index in [-0.39, 0.29) is 5.91 Å². The van der Waals surface area contributed by atoms with E-state index in [0.29, 0.717) is 22.6 Å². The van der Waals surface area contributed by atoms with Crippen LogP contribution in [0, 0.1) is 6.92 Å². The van der Waals surface area contributed by atoms with E-state index in [1.807, 2.05) is 0 Å². The number of aromatic nitrogens is 1. The first-order chi connectivity index (χ1) is 7.08. The molecule has 5 heteroatoms. The molecule has 0 bridgehead atoms. The maximum absolute atomic E-state index is 11.5. The summed E-state index contributed by atoms with van der Waals surface area (Å²) in [5.41, 5.74) is 1.84. The van der Waals surface area contributed by atoms with Gasteiger partial charge >= 0.3 is 0 Å². The number of oxazole rings is 1. The van der Waals surface area contributed by atoms with E-state index >= 15 is 0 Å². The Balaban J connectivity index is 2.51. The van der Waals surface area contributed by atoms with Crippen molar-refractivity contribution in [3.8, 4) is 0 Å². The van der Waals surface area contributed by atoms with Crippen molar-refractivity contribution < 1.29 is 9.21 Å². The van der Waals surface area contributed by atoms with Crippen LogP contribution in [0.25, 0.3) is 11.1 Å². The maximum atomic E-state index is 11.5. The molecule has 15 heavy (non-hydrogen) atoms. The van der Waals surface area contributed by atoms with Gasteiger partial charge in [0.05, 0.1) is 0 Å². The molecule has 1 aromatic heterocycles. The molecule has 0 saturated heterocycles. The van der Waals surface area contributed by atoms with Gasteiger partial charge in [-0.05, 0) is 18.2 Å². The van der Waals surface area contributed by atoms with Crippen molar-refractivity contribution in [2.45, 2.75) is 6.92 Å². The summed E-state index contributed by atoms with van der Waals surface area (Å²) in [5.74, 6) is 5.68. The number of carbonyl (C=O) groups is 1. The normalized spacial score (nSPS) is 10.6. The molecule has 0 spiro atoms. The molecule has 0 saturated carbocycles. The van der Waals surface area contributed by atoms with Crippen molar-refractivity contribution in [2.24, 2.45) is 5.84 Å². The minimum Gasteiger partial charge on any atom is -0.441 e. The van der Waals surface area contributed by atoms with Gasteiger partial charge in [-0.25, -0.2) is 10.8 Å². The molecule has 78 valence electrons. The third kappa shape index (κ3) is 1.69. The molecular weight excluding hydrogens is 194 g/mol. The molecule has 2 rings (SSSR count). The Hall–Kier alpha value is -1.88. The molecule has 1 amide bonds. The van der Waals surface area contributed by atoms with Crippen LogP contribution in [0.1, 0.15) is 16.2 Å². The third-order valence-electron chi connectivity index (χ3n) is 2.06. The van der Waals surface area contributed by atoms with Crippen molar-refractivity contribution in [3.05, 3.63) is 29.7 Å². The van der Waals surface area contributed by atoms with Crippen molar-refractivity contribution in [3.63, 3.8) is 0 Å². The quantitative estimate of drug-likeness (QED) is 0.429. The zero-order valence-corrected chi connectivity index (χ0v) is 8.52. The molecule has 0 fully saturated rings. The van der Waals surface area contributed by atoms with Crippen LogP contribution in [-0.2, 0) is 0 Å². The fourth-order valence-electron chi connectivity index (χ4n) is 1.38. The van der Waals surface area contributed by atoms with Gasteiger partial charge in [-0.1, -0.05) is 0 Å². The number of hydrogen-bond acceptors (Lipinski definition) is 4. The molecule has 2 N–H and O–H groups in total. The molecule has 0 atom stereocenters. The molecular formula is C10H11N3O2. The van der Waals surface area contributed by atoms with Gasteiger partial charge < -0.3 is 4.42 Å². The second-order valence-electron chi connectivity index (χ2n) is 3.33. The lowest BCUT2D eigenvalue weighted by atomic mass is 10.2. The van der Waals surface area contributed by atoms with Gasteiger partial charge in [0.25, 0.3) is 5.91 Å². The Labute approximate surface area is 86.5 Å². The lowest BCUT2D eigenvalue weighted by molar-refractivity contribution is 0.0795. The van der Waals surface area contributed by atoms with Gasteiger partial charge in [0, 0.05) is 19.5 Å². The van der Waals surface area contributed by atoms with Gasteiger partial charge in [0.15, 0.2) is 11.5 Å². The number of hydrazine groups is 1. The highest BCUT2D eigenvalue weighted by atomic mass is 16.3. The summed E-state index contributed by atoms with van der Waals surface area (Å²) >= 11 is 0. The molecule has 0 aliphatic carbocycles. The van der Waals surface area contributed by atoms with Gasteiger partial charge in [-0.3, -0.25) is 9.80 Å². The minimum absolute atomic E-state index is 0.252. The predicted molar refractivity (Wildman–Crippen MR) is 55.0 cm³/mol. The Kier molecular flexibility index (Phi) is 2.17. The van der Waals surface area contributed by atoms with E-state index in [1.165, 1.54) is 7.05 Å². The standard InChI is InChI=1S/C10H11N3O2/c1-6-12-8-5-7(10(14)13(2)11)3-4-9(8)15-6/h3-5H,11H2,1-2H3. The summed E-state index contributed by atoms with van der Waals surface area (Å²) in [7, 11) is 1.50. The monoisotopic (exact) mass is 205 g/mol. The Morgan fingerprint density at radius 1 is 1.53 bits per heavy atom. The predicted octanol–water partition coefficient (Wildman–Crippen LogP) is 1.08. The van der Waals surface area contributed by atoms with Gasteiger partial charge in [0.1, 0.15) is 5.52 Å². The number of fused-ring (bicyclic) bond motifs is 1. The van der Waals surface area contributed by atoms with E-state index in [2.05, 4.69) is 4.98 Å². The van der Waals surface area contributed by atoms with E-state index in [4.69, 9.17) is 10.3 Å². The second-order valence-corrected chi connectivity index (χ2v) is 3.33. The Morgan fingerprint density at radius 3 is 2.93 bits per heavy atom. The number of nitrogens with two attached hydrogens (primary N) is 1. The van der Waals surface area contributed by atoms with Crippen molar-refractivity contribution >= 4 is 17.0 Å². The zero-order chi connectivity index (χ0) is 11.0. The van der Waals surface area contributed by atoms with Gasteiger partial charge in [-0.2, -0.15) is 0 Å². The van der Waals surface area contributed by atoms with Crippen LogP contribution >= 0.6 is 0 Å². The summed E-state index contributed by atoms with van der Waals surface area (Å²) in [6.45, 7) is 1.76. The highest BCUT2D eigenvalue weighted by Crippen LogP contribution is 2.17. The summed E-state index contributed by atoms with van der Waals surface area (Å²) in [5, 5.41) is 1.04. The molecule has 1 heterocycles. The van der Waals surface area contributed by atoms with Crippen molar-refractivity contribution in [2.75, 3.05) is 7.05 Å².